The van der Waals surface area contributed by atoms with Crippen LogP contribution in [0.5, 0.6) is 5.75 Å². The third-order valence-corrected chi connectivity index (χ3v) is 2.77. The molecule has 16 heavy (non-hydrogen) atoms. The SMILES string of the molecule is CCOc1c(Br)cccc1CNC(C)(C)C. The molecule has 90 valence electrons. The van der Waals surface area contributed by atoms with Crippen molar-refractivity contribution in [3.8, 4) is 5.75 Å². The maximum absolute atomic E-state index is 5.65. The summed E-state index contributed by atoms with van der Waals surface area (Å²) in [6, 6.07) is 6.13. The standard InChI is InChI=1S/C13H20BrNO/c1-5-16-12-10(7-6-8-11(12)14)9-15-13(2,3)4/h6-8,15H,5,9H2,1-4H3. The van der Waals surface area contributed by atoms with E-state index in [1.807, 2.05) is 19.1 Å². The monoisotopic (exact) mass is 285 g/mol. The first-order valence-electron chi connectivity index (χ1n) is 5.59. The average Bonchev–Trinajstić information content (AvgIpc) is 2.18. The minimum absolute atomic E-state index is 0.117. The average molecular weight is 286 g/mol. The molecule has 1 N–H and O–H groups in total. The lowest BCUT2D eigenvalue weighted by Crippen LogP contribution is -2.35. The molecular formula is C13H20BrNO. The second kappa shape index (κ2) is 5.69. The van der Waals surface area contributed by atoms with Crippen molar-refractivity contribution in [3.05, 3.63) is 28.2 Å². The highest BCUT2D eigenvalue weighted by Gasteiger charge is 2.12. The summed E-state index contributed by atoms with van der Waals surface area (Å²) in [5, 5.41) is 3.46. The number of benzene rings is 1. The van der Waals surface area contributed by atoms with Crippen LogP contribution < -0.4 is 10.1 Å². The Labute approximate surface area is 107 Å². The molecule has 0 aliphatic rings. The molecule has 3 heteroatoms. The molecule has 0 atom stereocenters. The number of halogens is 1. The molecule has 2 nitrogen and oxygen atoms in total. The molecule has 0 amide bonds. The van der Waals surface area contributed by atoms with Crippen molar-refractivity contribution in [3.63, 3.8) is 0 Å². The van der Waals surface area contributed by atoms with Crippen LogP contribution in [0, 0.1) is 0 Å². The van der Waals surface area contributed by atoms with Crippen LogP contribution >= 0.6 is 15.9 Å². The first-order chi connectivity index (χ1) is 7.44. The van der Waals surface area contributed by atoms with E-state index in [9.17, 15) is 0 Å². The van der Waals surface area contributed by atoms with Gasteiger partial charge >= 0.3 is 0 Å². The summed E-state index contributed by atoms with van der Waals surface area (Å²) in [5.41, 5.74) is 1.30. The molecule has 0 bridgehead atoms. The second-order valence-electron chi connectivity index (χ2n) is 4.76. The zero-order chi connectivity index (χ0) is 12.2. The van der Waals surface area contributed by atoms with Gasteiger partial charge in [0.25, 0.3) is 0 Å². The van der Waals surface area contributed by atoms with Gasteiger partial charge in [-0.25, -0.2) is 0 Å². The number of hydrogen-bond acceptors (Lipinski definition) is 2. The summed E-state index contributed by atoms with van der Waals surface area (Å²) < 4.78 is 6.66. The van der Waals surface area contributed by atoms with Gasteiger partial charge in [-0.05, 0) is 49.7 Å². The van der Waals surface area contributed by atoms with Crippen LogP contribution in [0.15, 0.2) is 22.7 Å². The number of hydrogen-bond donors (Lipinski definition) is 1. The first-order valence-corrected chi connectivity index (χ1v) is 6.38. The number of ether oxygens (including phenoxy) is 1. The Balaban J connectivity index is 2.82. The Morgan fingerprint density at radius 3 is 2.56 bits per heavy atom. The summed E-state index contributed by atoms with van der Waals surface area (Å²) >= 11 is 3.52. The fraction of sp³-hybridized carbons (Fsp3) is 0.538. The molecule has 1 rings (SSSR count). The molecule has 0 saturated heterocycles. The van der Waals surface area contributed by atoms with E-state index < -0.39 is 0 Å². The maximum atomic E-state index is 5.65. The number of nitrogens with one attached hydrogen (secondary N) is 1. The Morgan fingerprint density at radius 2 is 2.00 bits per heavy atom. The quantitative estimate of drug-likeness (QED) is 0.910. The van der Waals surface area contributed by atoms with Gasteiger partial charge in [-0.15, -0.1) is 0 Å². The van der Waals surface area contributed by atoms with E-state index in [1.54, 1.807) is 0 Å². The Bertz CT molecular complexity index is 344. The largest absolute Gasteiger partial charge is 0.492 e. The predicted octanol–water partition coefficient (Wildman–Crippen LogP) is 3.74. The van der Waals surface area contributed by atoms with Gasteiger partial charge in [0, 0.05) is 17.6 Å². The van der Waals surface area contributed by atoms with Crippen molar-refractivity contribution in [1.82, 2.24) is 5.32 Å². The molecule has 0 unspecified atom stereocenters. The Kier molecular flexibility index (Phi) is 4.81. The molecule has 0 fully saturated rings. The molecule has 1 aromatic rings. The van der Waals surface area contributed by atoms with E-state index in [4.69, 9.17) is 4.74 Å². The van der Waals surface area contributed by atoms with Gasteiger partial charge in [0.05, 0.1) is 11.1 Å². The highest BCUT2D eigenvalue weighted by atomic mass is 79.9. The van der Waals surface area contributed by atoms with Crippen LogP contribution in [-0.2, 0) is 6.54 Å². The molecule has 0 spiro atoms. The van der Waals surface area contributed by atoms with Crippen molar-refractivity contribution in [2.75, 3.05) is 6.61 Å². The van der Waals surface area contributed by atoms with Gasteiger partial charge in [-0.3, -0.25) is 0 Å². The molecular weight excluding hydrogens is 266 g/mol. The second-order valence-corrected chi connectivity index (χ2v) is 5.62. The normalized spacial score (nSPS) is 11.6. The van der Waals surface area contributed by atoms with Crippen LogP contribution in [0.2, 0.25) is 0 Å². The van der Waals surface area contributed by atoms with Crippen LogP contribution in [0.25, 0.3) is 0 Å². The Morgan fingerprint density at radius 1 is 1.31 bits per heavy atom. The van der Waals surface area contributed by atoms with E-state index >= 15 is 0 Å². The van der Waals surface area contributed by atoms with Gasteiger partial charge in [-0.2, -0.15) is 0 Å². The minimum Gasteiger partial charge on any atom is -0.492 e. The van der Waals surface area contributed by atoms with E-state index in [0.29, 0.717) is 6.61 Å². The summed E-state index contributed by atoms with van der Waals surface area (Å²) in [7, 11) is 0. The highest BCUT2D eigenvalue weighted by Crippen LogP contribution is 2.29. The summed E-state index contributed by atoms with van der Waals surface area (Å²) in [6.07, 6.45) is 0. The summed E-state index contributed by atoms with van der Waals surface area (Å²) in [4.78, 5) is 0. The predicted molar refractivity (Wildman–Crippen MR) is 71.9 cm³/mol. The van der Waals surface area contributed by atoms with E-state index in [1.165, 1.54) is 5.56 Å². The molecule has 1 aromatic carbocycles. The van der Waals surface area contributed by atoms with Crippen molar-refractivity contribution in [1.29, 1.82) is 0 Å². The van der Waals surface area contributed by atoms with Crippen LogP contribution in [0.4, 0.5) is 0 Å². The topological polar surface area (TPSA) is 21.3 Å². The molecule has 0 aromatic heterocycles. The fourth-order valence-electron chi connectivity index (χ4n) is 1.36. The van der Waals surface area contributed by atoms with Gasteiger partial charge in [0.1, 0.15) is 5.75 Å². The molecule has 0 saturated carbocycles. The summed E-state index contributed by atoms with van der Waals surface area (Å²) in [5.74, 6) is 0.946. The summed E-state index contributed by atoms with van der Waals surface area (Å²) in [6.45, 7) is 9.98. The lowest BCUT2D eigenvalue weighted by atomic mass is 10.1. The Hall–Kier alpha value is -0.540. The molecule has 0 aliphatic heterocycles. The van der Waals surface area contributed by atoms with Crippen molar-refractivity contribution in [2.45, 2.75) is 39.8 Å². The molecule has 0 radical (unpaired) electrons. The van der Waals surface area contributed by atoms with E-state index in [-0.39, 0.29) is 5.54 Å². The van der Waals surface area contributed by atoms with E-state index in [2.05, 4.69) is 48.1 Å². The van der Waals surface area contributed by atoms with Gasteiger partial charge in [0.2, 0.25) is 0 Å². The highest BCUT2D eigenvalue weighted by molar-refractivity contribution is 9.10. The fourth-order valence-corrected chi connectivity index (χ4v) is 1.88. The van der Waals surface area contributed by atoms with Crippen LogP contribution in [-0.4, -0.2) is 12.1 Å². The zero-order valence-electron chi connectivity index (χ0n) is 10.4. The van der Waals surface area contributed by atoms with Crippen LogP contribution in [0.3, 0.4) is 0 Å². The lowest BCUT2D eigenvalue weighted by Gasteiger charge is -2.22. The smallest absolute Gasteiger partial charge is 0.137 e. The zero-order valence-corrected chi connectivity index (χ0v) is 12.0. The maximum Gasteiger partial charge on any atom is 0.137 e. The lowest BCUT2D eigenvalue weighted by molar-refractivity contribution is 0.330. The van der Waals surface area contributed by atoms with Gasteiger partial charge in [0.15, 0.2) is 0 Å². The van der Waals surface area contributed by atoms with Crippen molar-refractivity contribution in [2.24, 2.45) is 0 Å². The number of para-hydroxylation sites is 1. The minimum atomic E-state index is 0.117. The van der Waals surface area contributed by atoms with Gasteiger partial charge < -0.3 is 10.1 Å². The third kappa shape index (κ3) is 4.14. The van der Waals surface area contributed by atoms with Crippen molar-refractivity contribution < 1.29 is 4.74 Å². The first kappa shape index (κ1) is 13.5. The van der Waals surface area contributed by atoms with Crippen LogP contribution in [0.1, 0.15) is 33.3 Å². The van der Waals surface area contributed by atoms with Crippen molar-refractivity contribution >= 4 is 15.9 Å². The molecule has 0 aliphatic carbocycles. The third-order valence-electron chi connectivity index (χ3n) is 2.15. The van der Waals surface area contributed by atoms with Gasteiger partial charge in [-0.1, -0.05) is 12.1 Å². The molecule has 0 heterocycles. The van der Waals surface area contributed by atoms with E-state index in [0.717, 1.165) is 16.8 Å². The number of rotatable bonds is 4.